The fraction of sp³-hybridized carbons (Fsp3) is 0.429. The number of rotatable bonds is 3. The minimum Gasteiger partial charge on any atom is -0.379 e. The van der Waals surface area contributed by atoms with Crippen LogP contribution in [0.1, 0.15) is 10.4 Å². The molecule has 0 bridgehead atoms. The molecule has 0 unspecified atom stereocenters. The number of amides is 1. The van der Waals surface area contributed by atoms with Gasteiger partial charge in [0.15, 0.2) is 0 Å². The molecule has 1 saturated heterocycles. The zero-order chi connectivity index (χ0) is 15.0. The Labute approximate surface area is 126 Å². The van der Waals surface area contributed by atoms with E-state index in [9.17, 15) is 14.0 Å². The van der Waals surface area contributed by atoms with E-state index in [4.69, 9.17) is 16.3 Å². The van der Waals surface area contributed by atoms with Gasteiger partial charge in [0, 0.05) is 26.2 Å². The smallest absolute Gasteiger partial charge is 0.299 e. The normalized spacial score (nSPS) is 19.2. The van der Waals surface area contributed by atoms with Crippen molar-refractivity contribution >= 4 is 29.0 Å². The number of halogens is 2. The third-order valence-corrected chi connectivity index (χ3v) is 4.05. The van der Waals surface area contributed by atoms with E-state index in [0.717, 1.165) is 19.2 Å². The van der Waals surface area contributed by atoms with E-state index in [1.165, 1.54) is 11.0 Å². The summed E-state index contributed by atoms with van der Waals surface area (Å²) >= 11 is 5.67. The highest BCUT2D eigenvalue weighted by Crippen LogP contribution is 2.32. The molecule has 21 heavy (non-hydrogen) atoms. The van der Waals surface area contributed by atoms with Crippen molar-refractivity contribution in [1.82, 2.24) is 4.90 Å². The summed E-state index contributed by atoms with van der Waals surface area (Å²) < 4.78 is 18.8. The summed E-state index contributed by atoms with van der Waals surface area (Å²) in [5.41, 5.74) is 0.480. The van der Waals surface area contributed by atoms with Crippen LogP contribution in [0.25, 0.3) is 0 Å². The second kappa shape index (κ2) is 5.71. The molecule has 1 aromatic carbocycles. The Morgan fingerprint density at radius 3 is 2.62 bits per heavy atom. The quantitative estimate of drug-likeness (QED) is 0.790. The number of morpholine rings is 1. The van der Waals surface area contributed by atoms with Gasteiger partial charge in [-0.2, -0.15) is 0 Å². The number of hydrogen-bond donors (Lipinski definition) is 0. The average molecular weight is 313 g/mol. The minimum atomic E-state index is -0.631. The standard InChI is InChI=1S/C14H14ClFN2O3/c15-10-7-9-12(8-11(10)16)18(14(20)13(9)19)2-1-17-3-5-21-6-4-17/h7-8H,1-6H2. The van der Waals surface area contributed by atoms with E-state index >= 15 is 0 Å². The lowest BCUT2D eigenvalue weighted by Crippen LogP contribution is -2.42. The molecule has 1 aromatic rings. The lowest BCUT2D eigenvalue weighted by molar-refractivity contribution is -0.114. The number of carbonyl (C=O) groups is 2. The van der Waals surface area contributed by atoms with Gasteiger partial charge in [-0.3, -0.25) is 14.5 Å². The summed E-state index contributed by atoms with van der Waals surface area (Å²) in [6.07, 6.45) is 0. The van der Waals surface area contributed by atoms with Crippen LogP contribution in [0.15, 0.2) is 12.1 Å². The maximum atomic E-state index is 13.6. The third kappa shape index (κ3) is 2.66. The number of hydrogen-bond acceptors (Lipinski definition) is 4. The number of ether oxygens (including phenoxy) is 1. The monoisotopic (exact) mass is 312 g/mol. The van der Waals surface area contributed by atoms with Crippen LogP contribution >= 0.6 is 11.6 Å². The van der Waals surface area contributed by atoms with Gasteiger partial charge in [-0.15, -0.1) is 0 Å². The lowest BCUT2D eigenvalue weighted by atomic mass is 10.1. The summed E-state index contributed by atoms with van der Waals surface area (Å²) in [4.78, 5) is 27.4. The van der Waals surface area contributed by atoms with E-state index in [1.807, 2.05) is 0 Å². The molecule has 2 aliphatic rings. The number of fused-ring (bicyclic) bond motifs is 1. The van der Waals surface area contributed by atoms with Crippen molar-refractivity contribution in [2.24, 2.45) is 0 Å². The number of carbonyl (C=O) groups excluding carboxylic acids is 2. The van der Waals surface area contributed by atoms with E-state index in [0.29, 0.717) is 32.0 Å². The van der Waals surface area contributed by atoms with Gasteiger partial charge in [-0.1, -0.05) is 11.6 Å². The number of ketones is 1. The van der Waals surface area contributed by atoms with E-state index in [-0.39, 0.29) is 10.6 Å². The second-order valence-electron chi connectivity index (χ2n) is 5.02. The highest BCUT2D eigenvalue weighted by Gasteiger charge is 2.36. The highest BCUT2D eigenvalue weighted by molar-refractivity contribution is 6.52. The maximum absolute atomic E-state index is 13.6. The molecular formula is C14H14ClFN2O3. The van der Waals surface area contributed by atoms with E-state index in [2.05, 4.69) is 4.90 Å². The molecule has 2 heterocycles. The number of benzene rings is 1. The van der Waals surface area contributed by atoms with Crippen molar-refractivity contribution in [3.63, 3.8) is 0 Å². The zero-order valence-corrected chi connectivity index (χ0v) is 12.0. The van der Waals surface area contributed by atoms with Gasteiger partial charge in [0.05, 0.1) is 29.5 Å². The van der Waals surface area contributed by atoms with Crippen LogP contribution in [0.3, 0.4) is 0 Å². The van der Waals surface area contributed by atoms with Crippen LogP contribution in [0, 0.1) is 5.82 Å². The first-order chi connectivity index (χ1) is 10.1. The number of nitrogens with zero attached hydrogens (tertiary/aromatic N) is 2. The molecule has 1 fully saturated rings. The highest BCUT2D eigenvalue weighted by atomic mass is 35.5. The number of anilines is 1. The Balaban J connectivity index is 1.78. The Morgan fingerprint density at radius 1 is 1.19 bits per heavy atom. The van der Waals surface area contributed by atoms with Gasteiger partial charge in [-0.05, 0) is 12.1 Å². The number of Topliss-reactive ketones (excluding diaryl/α,β-unsaturated/α-hetero) is 1. The molecule has 7 heteroatoms. The van der Waals surface area contributed by atoms with Crippen LogP contribution in [0.4, 0.5) is 10.1 Å². The van der Waals surface area contributed by atoms with Gasteiger partial charge >= 0.3 is 0 Å². The van der Waals surface area contributed by atoms with E-state index < -0.39 is 17.5 Å². The molecule has 2 aliphatic heterocycles. The molecule has 3 rings (SSSR count). The predicted octanol–water partition coefficient (Wildman–Crippen LogP) is 1.34. The second-order valence-corrected chi connectivity index (χ2v) is 5.43. The Morgan fingerprint density at radius 2 is 1.90 bits per heavy atom. The molecule has 1 amide bonds. The van der Waals surface area contributed by atoms with Gasteiger partial charge < -0.3 is 9.64 Å². The first kappa shape index (κ1) is 14.4. The van der Waals surface area contributed by atoms with Crippen molar-refractivity contribution in [3.05, 3.63) is 28.5 Å². The van der Waals surface area contributed by atoms with Crippen molar-refractivity contribution in [2.75, 3.05) is 44.3 Å². The van der Waals surface area contributed by atoms with Crippen molar-refractivity contribution in [1.29, 1.82) is 0 Å². The van der Waals surface area contributed by atoms with Crippen LogP contribution < -0.4 is 4.90 Å². The average Bonchev–Trinajstić information content (AvgIpc) is 2.71. The summed E-state index contributed by atoms with van der Waals surface area (Å²) in [6, 6.07) is 2.38. The first-order valence-electron chi connectivity index (χ1n) is 6.73. The summed E-state index contributed by atoms with van der Waals surface area (Å²) in [5, 5.41) is -0.148. The third-order valence-electron chi connectivity index (χ3n) is 3.76. The molecule has 0 aromatic heterocycles. The van der Waals surface area contributed by atoms with E-state index in [1.54, 1.807) is 0 Å². The van der Waals surface area contributed by atoms with Crippen molar-refractivity contribution < 1.29 is 18.7 Å². The Kier molecular flexibility index (Phi) is 3.93. The molecule has 0 N–H and O–H groups in total. The molecule has 0 saturated carbocycles. The SMILES string of the molecule is O=C1C(=O)N(CCN2CCOCC2)c2cc(F)c(Cl)cc21. The van der Waals surface area contributed by atoms with Gasteiger partial charge in [0.1, 0.15) is 5.82 Å². The molecule has 5 nitrogen and oxygen atoms in total. The van der Waals surface area contributed by atoms with Crippen LogP contribution in [0.2, 0.25) is 5.02 Å². The van der Waals surface area contributed by atoms with Gasteiger partial charge in [-0.25, -0.2) is 4.39 Å². The van der Waals surface area contributed by atoms with Crippen LogP contribution in [0.5, 0.6) is 0 Å². The zero-order valence-electron chi connectivity index (χ0n) is 11.3. The first-order valence-corrected chi connectivity index (χ1v) is 7.11. The summed E-state index contributed by atoms with van der Waals surface area (Å²) in [6.45, 7) is 3.86. The lowest BCUT2D eigenvalue weighted by Gasteiger charge is -2.28. The largest absolute Gasteiger partial charge is 0.379 e. The molecule has 0 spiro atoms. The summed E-state index contributed by atoms with van der Waals surface area (Å²) in [7, 11) is 0. The molecule has 0 atom stereocenters. The van der Waals surface area contributed by atoms with Crippen molar-refractivity contribution in [3.8, 4) is 0 Å². The molecule has 0 radical (unpaired) electrons. The minimum absolute atomic E-state index is 0.148. The fourth-order valence-electron chi connectivity index (χ4n) is 2.58. The van der Waals surface area contributed by atoms with Crippen LogP contribution in [-0.2, 0) is 9.53 Å². The summed E-state index contributed by atoms with van der Waals surface area (Å²) in [5.74, 6) is -1.89. The molecule has 112 valence electrons. The fourth-order valence-corrected chi connectivity index (χ4v) is 2.74. The van der Waals surface area contributed by atoms with Crippen LogP contribution in [-0.4, -0.2) is 56.0 Å². The topological polar surface area (TPSA) is 49.9 Å². The van der Waals surface area contributed by atoms with Gasteiger partial charge in [0.25, 0.3) is 11.7 Å². The Hall–Kier alpha value is -1.50. The maximum Gasteiger partial charge on any atom is 0.299 e. The Bertz CT molecular complexity index is 602. The predicted molar refractivity (Wildman–Crippen MR) is 75.4 cm³/mol. The van der Waals surface area contributed by atoms with Gasteiger partial charge in [0.2, 0.25) is 0 Å². The molecular weight excluding hydrogens is 299 g/mol. The van der Waals surface area contributed by atoms with Crippen molar-refractivity contribution in [2.45, 2.75) is 0 Å². The molecule has 0 aliphatic carbocycles.